The highest BCUT2D eigenvalue weighted by molar-refractivity contribution is 7.89. The van der Waals surface area contributed by atoms with Crippen molar-refractivity contribution in [2.24, 2.45) is 0 Å². The molecule has 6 heteroatoms. The first-order valence-corrected chi connectivity index (χ1v) is 8.49. The molecule has 5 nitrogen and oxygen atoms in total. The number of rotatable bonds is 3. The van der Waals surface area contributed by atoms with Crippen molar-refractivity contribution in [3.8, 4) is 0 Å². The molecular formula is C15H22N2O3S. The van der Waals surface area contributed by atoms with Crippen LogP contribution in [0.1, 0.15) is 24.0 Å². The van der Waals surface area contributed by atoms with E-state index in [1.165, 1.54) is 9.21 Å². The van der Waals surface area contributed by atoms with E-state index < -0.39 is 16.1 Å². The largest absolute Gasteiger partial charge is 0.347 e. The monoisotopic (exact) mass is 310 g/mol. The second kappa shape index (κ2) is 5.77. The molecule has 0 saturated carbocycles. The zero-order chi connectivity index (χ0) is 15.8. The Kier molecular flexibility index (Phi) is 4.39. The highest BCUT2D eigenvalue weighted by Crippen LogP contribution is 2.29. The molecule has 1 heterocycles. The third kappa shape index (κ3) is 2.96. The van der Waals surface area contributed by atoms with Gasteiger partial charge in [0.25, 0.3) is 0 Å². The topological polar surface area (TPSA) is 57.7 Å². The number of sulfonamides is 1. The molecule has 1 saturated heterocycles. The van der Waals surface area contributed by atoms with Crippen LogP contribution < -0.4 is 0 Å². The minimum atomic E-state index is -3.63. The van der Waals surface area contributed by atoms with Crippen molar-refractivity contribution in [2.75, 3.05) is 20.6 Å². The lowest BCUT2D eigenvalue weighted by molar-refractivity contribution is -0.132. The van der Waals surface area contributed by atoms with Crippen molar-refractivity contribution in [2.45, 2.75) is 37.6 Å². The lowest BCUT2D eigenvalue weighted by Gasteiger charge is -2.26. The van der Waals surface area contributed by atoms with Gasteiger partial charge in [0.2, 0.25) is 15.9 Å². The molecule has 1 amide bonds. The summed E-state index contributed by atoms with van der Waals surface area (Å²) >= 11 is 0. The van der Waals surface area contributed by atoms with Crippen LogP contribution in [0.4, 0.5) is 0 Å². The average molecular weight is 310 g/mol. The predicted molar refractivity (Wildman–Crippen MR) is 81.5 cm³/mol. The van der Waals surface area contributed by atoms with Gasteiger partial charge in [0.05, 0.1) is 4.90 Å². The molecule has 0 radical (unpaired) electrons. The Hall–Kier alpha value is -1.40. The van der Waals surface area contributed by atoms with Gasteiger partial charge in [-0.2, -0.15) is 4.31 Å². The summed E-state index contributed by atoms with van der Waals surface area (Å²) in [6.45, 7) is 4.05. The Morgan fingerprint density at radius 3 is 2.57 bits per heavy atom. The average Bonchev–Trinajstić information content (AvgIpc) is 2.90. The van der Waals surface area contributed by atoms with Gasteiger partial charge >= 0.3 is 0 Å². The van der Waals surface area contributed by atoms with Gasteiger partial charge in [-0.3, -0.25) is 4.79 Å². The van der Waals surface area contributed by atoms with E-state index in [0.717, 1.165) is 5.56 Å². The summed E-state index contributed by atoms with van der Waals surface area (Å²) < 4.78 is 27.2. The number of benzene rings is 1. The molecule has 0 unspecified atom stereocenters. The molecule has 1 aliphatic rings. The van der Waals surface area contributed by atoms with E-state index in [2.05, 4.69) is 0 Å². The standard InChI is InChI=1S/C15H22N2O3S/c1-11-7-8-12(2)14(10-11)21(19,20)17-9-5-6-13(17)15(18)16(3)4/h7-8,10,13H,5-6,9H2,1-4H3/t13-/m0/s1. The fraction of sp³-hybridized carbons (Fsp3) is 0.533. The van der Waals surface area contributed by atoms with Crippen LogP contribution in [-0.4, -0.2) is 50.2 Å². The van der Waals surface area contributed by atoms with Crippen LogP contribution in [0.2, 0.25) is 0 Å². The number of carbonyl (C=O) groups is 1. The minimum absolute atomic E-state index is 0.151. The lowest BCUT2D eigenvalue weighted by Crippen LogP contribution is -2.45. The number of nitrogens with zero attached hydrogens (tertiary/aromatic N) is 2. The van der Waals surface area contributed by atoms with Crippen LogP contribution in [0.15, 0.2) is 23.1 Å². The predicted octanol–water partition coefficient (Wildman–Crippen LogP) is 1.54. The summed E-state index contributed by atoms with van der Waals surface area (Å²) in [5.74, 6) is -0.151. The van der Waals surface area contributed by atoms with E-state index in [1.807, 2.05) is 13.0 Å². The van der Waals surface area contributed by atoms with Crippen LogP contribution in [0.5, 0.6) is 0 Å². The highest BCUT2D eigenvalue weighted by Gasteiger charge is 2.40. The second-order valence-corrected chi connectivity index (χ2v) is 7.63. The van der Waals surface area contributed by atoms with Crippen molar-refractivity contribution in [1.29, 1.82) is 0 Å². The van der Waals surface area contributed by atoms with E-state index in [9.17, 15) is 13.2 Å². The van der Waals surface area contributed by atoms with Crippen molar-refractivity contribution >= 4 is 15.9 Å². The number of hydrogen-bond acceptors (Lipinski definition) is 3. The Morgan fingerprint density at radius 2 is 1.95 bits per heavy atom. The third-order valence-corrected chi connectivity index (χ3v) is 5.91. The molecule has 0 bridgehead atoms. The zero-order valence-electron chi connectivity index (χ0n) is 13.0. The van der Waals surface area contributed by atoms with Crippen LogP contribution in [0.25, 0.3) is 0 Å². The molecule has 0 N–H and O–H groups in total. The van der Waals surface area contributed by atoms with Crippen LogP contribution in [0.3, 0.4) is 0 Å². The molecule has 0 spiro atoms. The van der Waals surface area contributed by atoms with Gasteiger partial charge in [-0.1, -0.05) is 12.1 Å². The summed E-state index contributed by atoms with van der Waals surface area (Å²) in [6.07, 6.45) is 1.30. The molecule has 116 valence electrons. The Labute approximate surface area is 126 Å². The second-order valence-electron chi connectivity index (χ2n) is 5.78. The molecule has 1 fully saturated rings. The molecule has 1 aromatic rings. The fourth-order valence-electron chi connectivity index (χ4n) is 2.68. The Balaban J connectivity index is 2.43. The van der Waals surface area contributed by atoms with Crippen LogP contribution in [0, 0.1) is 13.8 Å². The first-order valence-electron chi connectivity index (χ1n) is 7.05. The van der Waals surface area contributed by atoms with Crippen molar-refractivity contribution in [3.63, 3.8) is 0 Å². The van der Waals surface area contributed by atoms with Crippen molar-refractivity contribution < 1.29 is 13.2 Å². The van der Waals surface area contributed by atoms with Crippen molar-refractivity contribution in [1.82, 2.24) is 9.21 Å². The number of likely N-dealkylation sites (N-methyl/N-ethyl adjacent to an activating group) is 1. The fourth-order valence-corrected chi connectivity index (χ4v) is 4.65. The summed E-state index contributed by atoms with van der Waals surface area (Å²) in [4.78, 5) is 14.0. The van der Waals surface area contributed by atoms with Gasteiger partial charge < -0.3 is 4.90 Å². The number of hydrogen-bond donors (Lipinski definition) is 0. The molecule has 21 heavy (non-hydrogen) atoms. The lowest BCUT2D eigenvalue weighted by atomic mass is 10.2. The van der Waals surface area contributed by atoms with Crippen molar-refractivity contribution in [3.05, 3.63) is 29.3 Å². The normalized spacial score (nSPS) is 19.7. The smallest absolute Gasteiger partial charge is 0.244 e. The Morgan fingerprint density at radius 1 is 1.29 bits per heavy atom. The maximum absolute atomic E-state index is 12.9. The minimum Gasteiger partial charge on any atom is -0.347 e. The molecule has 1 aromatic carbocycles. The number of carbonyl (C=O) groups excluding carboxylic acids is 1. The van der Waals surface area contributed by atoms with Gasteiger partial charge in [-0.05, 0) is 43.9 Å². The first kappa shape index (κ1) is 16.0. The SMILES string of the molecule is Cc1ccc(C)c(S(=O)(=O)N2CCC[C@H]2C(=O)N(C)C)c1. The molecule has 0 aliphatic carbocycles. The van der Waals surface area contributed by atoms with Gasteiger partial charge in [0.1, 0.15) is 6.04 Å². The highest BCUT2D eigenvalue weighted by atomic mass is 32.2. The van der Waals surface area contributed by atoms with E-state index >= 15 is 0 Å². The summed E-state index contributed by atoms with van der Waals surface area (Å²) in [5, 5.41) is 0. The maximum Gasteiger partial charge on any atom is 0.244 e. The van der Waals surface area contributed by atoms with Crippen LogP contribution in [-0.2, 0) is 14.8 Å². The van der Waals surface area contributed by atoms with E-state index in [-0.39, 0.29) is 5.91 Å². The van der Waals surface area contributed by atoms with Crippen LogP contribution >= 0.6 is 0 Å². The molecular weight excluding hydrogens is 288 g/mol. The molecule has 1 aliphatic heterocycles. The summed E-state index contributed by atoms with van der Waals surface area (Å²) in [6, 6.07) is 4.80. The molecule has 2 rings (SSSR count). The zero-order valence-corrected chi connectivity index (χ0v) is 13.8. The van der Waals surface area contributed by atoms with E-state index in [1.54, 1.807) is 33.2 Å². The quantitative estimate of drug-likeness (QED) is 0.851. The number of aryl methyl sites for hydroxylation is 2. The molecule has 0 aromatic heterocycles. The Bertz CT molecular complexity index is 653. The van der Waals surface area contributed by atoms with Gasteiger partial charge in [-0.15, -0.1) is 0 Å². The van der Waals surface area contributed by atoms with Gasteiger partial charge in [0.15, 0.2) is 0 Å². The number of amides is 1. The summed E-state index contributed by atoms with van der Waals surface area (Å²) in [5.41, 5.74) is 1.61. The third-order valence-electron chi connectivity index (χ3n) is 3.86. The molecule has 1 atom stereocenters. The van der Waals surface area contributed by atoms with Gasteiger partial charge in [-0.25, -0.2) is 8.42 Å². The van der Waals surface area contributed by atoms with Gasteiger partial charge in [0, 0.05) is 20.6 Å². The van der Waals surface area contributed by atoms with E-state index in [4.69, 9.17) is 0 Å². The van der Waals surface area contributed by atoms with E-state index in [0.29, 0.717) is 29.8 Å². The first-order chi connectivity index (χ1) is 9.75. The summed E-state index contributed by atoms with van der Waals surface area (Å²) in [7, 11) is -0.322. The maximum atomic E-state index is 12.9.